The normalized spacial score (nSPS) is 12.2. The molecule has 2 N–H and O–H groups in total. The molecule has 2 aromatic carbocycles. The zero-order valence-electron chi connectivity index (χ0n) is 17.9. The van der Waals surface area contributed by atoms with E-state index in [1.807, 2.05) is 36.5 Å². The summed E-state index contributed by atoms with van der Waals surface area (Å²) in [5, 5.41) is 9.10. The first kappa shape index (κ1) is 22.3. The summed E-state index contributed by atoms with van der Waals surface area (Å²) in [6.45, 7) is 0.365. The third kappa shape index (κ3) is 4.71. The number of H-pyrrole nitrogens is 1. The number of para-hydroxylation sites is 1. The molecule has 0 aliphatic carbocycles. The Hall–Kier alpha value is -3.55. The SMILES string of the molecule is O=C(CCc1nc(-c2ccco2)no1)NCC(c1ccc(Cl)cc1Cl)c1c[nH]c2ccccc12. The van der Waals surface area contributed by atoms with Crippen LogP contribution in [-0.2, 0) is 11.2 Å². The molecule has 9 heteroatoms. The monoisotopic (exact) mass is 494 g/mol. The zero-order chi connectivity index (χ0) is 23.5. The summed E-state index contributed by atoms with van der Waals surface area (Å²) in [5.74, 6) is 0.944. The Kier molecular flexibility index (Phi) is 6.38. The third-order valence-corrected chi connectivity index (χ3v) is 6.18. The summed E-state index contributed by atoms with van der Waals surface area (Å²) < 4.78 is 10.5. The van der Waals surface area contributed by atoms with E-state index in [4.69, 9.17) is 32.1 Å². The lowest BCUT2D eigenvalue weighted by atomic mass is 9.90. The maximum atomic E-state index is 12.7. The molecule has 1 amide bonds. The van der Waals surface area contributed by atoms with Crippen molar-refractivity contribution in [1.29, 1.82) is 0 Å². The van der Waals surface area contributed by atoms with Crippen molar-refractivity contribution >= 4 is 40.0 Å². The maximum absolute atomic E-state index is 12.7. The van der Waals surface area contributed by atoms with Gasteiger partial charge in [0.05, 0.1) is 6.26 Å². The topological polar surface area (TPSA) is 96.9 Å². The average Bonchev–Trinajstić information content (AvgIpc) is 3.60. The third-order valence-electron chi connectivity index (χ3n) is 5.61. The van der Waals surface area contributed by atoms with Crippen LogP contribution in [0.25, 0.3) is 22.5 Å². The molecule has 1 atom stereocenters. The molecule has 0 saturated heterocycles. The number of rotatable bonds is 8. The first-order valence-electron chi connectivity index (χ1n) is 10.7. The van der Waals surface area contributed by atoms with E-state index in [1.54, 1.807) is 24.3 Å². The van der Waals surface area contributed by atoms with Crippen LogP contribution in [0.15, 0.2) is 76.0 Å². The van der Waals surface area contributed by atoms with Gasteiger partial charge in [0.1, 0.15) is 0 Å². The highest BCUT2D eigenvalue weighted by atomic mass is 35.5. The predicted octanol–water partition coefficient (Wildman–Crippen LogP) is 6.00. The van der Waals surface area contributed by atoms with Gasteiger partial charge in [0, 0.05) is 52.4 Å². The van der Waals surface area contributed by atoms with Crippen molar-refractivity contribution in [1.82, 2.24) is 20.4 Å². The number of hydrogen-bond donors (Lipinski definition) is 2. The van der Waals surface area contributed by atoms with Gasteiger partial charge in [0.2, 0.25) is 17.6 Å². The highest BCUT2D eigenvalue weighted by Gasteiger charge is 2.22. The Morgan fingerprint density at radius 1 is 1.09 bits per heavy atom. The molecule has 0 aliphatic rings. The number of aryl methyl sites for hydroxylation is 1. The number of benzene rings is 2. The second-order valence-electron chi connectivity index (χ2n) is 7.80. The van der Waals surface area contributed by atoms with E-state index >= 15 is 0 Å². The first-order chi connectivity index (χ1) is 16.6. The lowest BCUT2D eigenvalue weighted by molar-refractivity contribution is -0.121. The van der Waals surface area contributed by atoms with E-state index in [0.29, 0.717) is 40.5 Å². The fourth-order valence-electron chi connectivity index (χ4n) is 3.94. The van der Waals surface area contributed by atoms with Crippen LogP contribution < -0.4 is 5.32 Å². The Labute approximate surface area is 205 Å². The van der Waals surface area contributed by atoms with Crippen molar-refractivity contribution in [2.45, 2.75) is 18.8 Å². The number of furan rings is 1. The second kappa shape index (κ2) is 9.75. The molecule has 3 aromatic heterocycles. The van der Waals surface area contributed by atoms with E-state index in [-0.39, 0.29) is 18.2 Å². The van der Waals surface area contributed by atoms with Crippen molar-refractivity contribution < 1.29 is 13.7 Å². The molecular formula is C25H20Cl2N4O3. The highest BCUT2D eigenvalue weighted by Crippen LogP contribution is 2.35. The average molecular weight is 495 g/mol. The molecule has 5 aromatic rings. The Bertz CT molecular complexity index is 1430. The molecular weight excluding hydrogens is 475 g/mol. The number of aromatic amines is 1. The minimum Gasteiger partial charge on any atom is -0.461 e. The van der Waals surface area contributed by atoms with E-state index in [2.05, 4.69) is 20.4 Å². The summed E-state index contributed by atoms with van der Waals surface area (Å²) in [4.78, 5) is 20.3. The van der Waals surface area contributed by atoms with Gasteiger partial charge in [0.25, 0.3) is 0 Å². The van der Waals surface area contributed by atoms with Crippen molar-refractivity contribution in [3.63, 3.8) is 0 Å². The quantitative estimate of drug-likeness (QED) is 0.275. The number of aromatic nitrogens is 3. The maximum Gasteiger partial charge on any atom is 0.238 e. The number of hydrogen-bond acceptors (Lipinski definition) is 5. The smallest absolute Gasteiger partial charge is 0.238 e. The van der Waals surface area contributed by atoms with Crippen LogP contribution in [-0.4, -0.2) is 27.6 Å². The summed E-state index contributed by atoms with van der Waals surface area (Å²) in [6, 6.07) is 16.9. The molecule has 0 radical (unpaired) electrons. The number of carbonyl (C=O) groups is 1. The summed E-state index contributed by atoms with van der Waals surface area (Å²) in [5.41, 5.74) is 2.94. The van der Waals surface area contributed by atoms with Gasteiger partial charge < -0.3 is 19.2 Å². The van der Waals surface area contributed by atoms with Crippen molar-refractivity contribution in [3.8, 4) is 11.6 Å². The van der Waals surface area contributed by atoms with Crippen LogP contribution in [0.1, 0.15) is 29.4 Å². The molecule has 0 spiro atoms. The van der Waals surface area contributed by atoms with Crippen LogP contribution in [0.5, 0.6) is 0 Å². The van der Waals surface area contributed by atoms with E-state index < -0.39 is 0 Å². The standard InChI is InChI=1S/C25H20Cl2N4O3/c26-15-7-8-16(20(27)12-15)18(19-13-28-21-5-2-1-4-17(19)21)14-29-23(32)9-10-24-30-25(31-34-24)22-6-3-11-33-22/h1-8,11-13,18,28H,9-10,14H2,(H,29,32). The molecule has 1 unspecified atom stereocenters. The van der Waals surface area contributed by atoms with Gasteiger partial charge in [-0.1, -0.05) is 52.6 Å². The van der Waals surface area contributed by atoms with Gasteiger partial charge >= 0.3 is 0 Å². The lowest BCUT2D eigenvalue weighted by Gasteiger charge is -2.19. The molecule has 7 nitrogen and oxygen atoms in total. The van der Waals surface area contributed by atoms with Gasteiger partial charge in [-0.25, -0.2) is 0 Å². The molecule has 3 heterocycles. The highest BCUT2D eigenvalue weighted by molar-refractivity contribution is 6.35. The minimum absolute atomic E-state index is 0.132. The number of nitrogens with one attached hydrogen (secondary N) is 2. The van der Waals surface area contributed by atoms with Gasteiger partial charge in [-0.3, -0.25) is 4.79 Å². The van der Waals surface area contributed by atoms with Crippen LogP contribution in [0.2, 0.25) is 10.0 Å². The molecule has 172 valence electrons. The van der Waals surface area contributed by atoms with E-state index in [0.717, 1.165) is 22.0 Å². The fourth-order valence-corrected chi connectivity index (χ4v) is 4.48. The molecule has 34 heavy (non-hydrogen) atoms. The van der Waals surface area contributed by atoms with Crippen molar-refractivity contribution in [2.24, 2.45) is 0 Å². The molecule has 5 rings (SSSR count). The van der Waals surface area contributed by atoms with Crippen molar-refractivity contribution in [3.05, 3.63) is 94.1 Å². The largest absolute Gasteiger partial charge is 0.461 e. The van der Waals surface area contributed by atoms with Crippen molar-refractivity contribution in [2.75, 3.05) is 6.54 Å². The van der Waals surface area contributed by atoms with Crippen LogP contribution >= 0.6 is 23.2 Å². The summed E-state index contributed by atoms with van der Waals surface area (Å²) in [7, 11) is 0. The number of amides is 1. The van der Waals surface area contributed by atoms with E-state index in [1.165, 1.54) is 6.26 Å². The molecule has 0 bridgehead atoms. The zero-order valence-corrected chi connectivity index (χ0v) is 19.4. The predicted molar refractivity (Wildman–Crippen MR) is 130 cm³/mol. The number of nitrogens with zero attached hydrogens (tertiary/aromatic N) is 2. The van der Waals surface area contributed by atoms with Gasteiger partial charge in [0.15, 0.2) is 5.76 Å². The molecule has 0 fully saturated rings. The number of carbonyl (C=O) groups excluding carboxylic acids is 1. The lowest BCUT2D eigenvalue weighted by Crippen LogP contribution is -2.29. The summed E-state index contributed by atoms with van der Waals surface area (Å²) >= 11 is 12.7. The fraction of sp³-hybridized carbons (Fsp3) is 0.160. The van der Waals surface area contributed by atoms with Crippen LogP contribution in [0, 0.1) is 0 Å². The van der Waals surface area contributed by atoms with E-state index in [9.17, 15) is 4.79 Å². The molecule has 0 saturated carbocycles. The van der Waals surface area contributed by atoms with Gasteiger partial charge in [-0.05, 0) is 41.5 Å². The summed E-state index contributed by atoms with van der Waals surface area (Å²) in [6.07, 6.45) is 4.02. The molecule has 0 aliphatic heterocycles. The number of halogens is 2. The Morgan fingerprint density at radius 2 is 1.97 bits per heavy atom. The van der Waals surface area contributed by atoms with Gasteiger partial charge in [-0.15, -0.1) is 0 Å². The Balaban J connectivity index is 1.30. The van der Waals surface area contributed by atoms with Crippen LogP contribution in [0.4, 0.5) is 0 Å². The minimum atomic E-state index is -0.168. The Morgan fingerprint density at radius 3 is 2.79 bits per heavy atom. The second-order valence-corrected chi connectivity index (χ2v) is 8.64. The number of fused-ring (bicyclic) bond motifs is 1. The van der Waals surface area contributed by atoms with Gasteiger partial charge in [-0.2, -0.15) is 4.98 Å². The van der Waals surface area contributed by atoms with Crippen LogP contribution in [0.3, 0.4) is 0 Å². The first-order valence-corrected chi connectivity index (χ1v) is 11.5.